The van der Waals surface area contributed by atoms with E-state index >= 15 is 0 Å². The summed E-state index contributed by atoms with van der Waals surface area (Å²) < 4.78 is 5.05. The second kappa shape index (κ2) is 4.83. The van der Waals surface area contributed by atoms with E-state index < -0.39 is 5.91 Å². The van der Waals surface area contributed by atoms with E-state index in [2.05, 4.69) is 15.5 Å². The summed E-state index contributed by atoms with van der Waals surface area (Å²) in [5.74, 6) is -0.209. The molecule has 0 saturated heterocycles. The number of carbonyl (C=O) groups is 1. The van der Waals surface area contributed by atoms with Crippen molar-refractivity contribution in [2.45, 2.75) is 44.1 Å². The van der Waals surface area contributed by atoms with E-state index in [4.69, 9.17) is 10.3 Å². The van der Waals surface area contributed by atoms with Crippen molar-refractivity contribution in [3.05, 3.63) is 11.7 Å². The molecule has 2 rings (SSSR count). The third kappa shape index (κ3) is 2.63. The Morgan fingerprint density at radius 3 is 2.71 bits per heavy atom. The molecule has 1 aliphatic carbocycles. The molecule has 0 radical (unpaired) electrons. The fraction of sp³-hybridized carbons (Fsp3) is 0.727. The third-order valence-electron chi connectivity index (χ3n) is 3.52. The van der Waals surface area contributed by atoms with Crippen LogP contribution in [0.25, 0.3) is 0 Å². The summed E-state index contributed by atoms with van der Waals surface area (Å²) in [5, 5.41) is 6.92. The molecule has 0 bridgehead atoms. The van der Waals surface area contributed by atoms with Crippen LogP contribution < -0.4 is 11.1 Å². The number of primary amides is 1. The molecule has 3 N–H and O–H groups in total. The minimum Gasteiger partial charge on any atom is -0.363 e. The van der Waals surface area contributed by atoms with Crippen LogP contribution in [0.1, 0.15) is 48.6 Å². The number of aromatic nitrogens is 2. The summed E-state index contributed by atoms with van der Waals surface area (Å²) in [7, 11) is 1.96. The fourth-order valence-corrected chi connectivity index (χ4v) is 2.46. The summed E-state index contributed by atoms with van der Waals surface area (Å²) in [4.78, 5) is 14.9. The highest BCUT2D eigenvalue weighted by molar-refractivity contribution is 5.88. The zero-order valence-corrected chi connectivity index (χ0v) is 10.0. The quantitative estimate of drug-likeness (QED) is 0.802. The van der Waals surface area contributed by atoms with Crippen LogP contribution >= 0.6 is 0 Å². The Morgan fingerprint density at radius 2 is 2.18 bits per heavy atom. The lowest BCUT2D eigenvalue weighted by molar-refractivity contribution is 0.0987. The van der Waals surface area contributed by atoms with Crippen LogP contribution in [0, 0.1) is 0 Å². The molecule has 1 fully saturated rings. The first kappa shape index (κ1) is 12.0. The zero-order valence-electron chi connectivity index (χ0n) is 10.0. The van der Waals surface area contributed by atoms with Crippen molar-refractivity contribution >= 4 is 5.91 Å². The van der Waals surface area contributed by atoms with Gasteiger partial charge >= 0.3 is 0 Å². The van der Waals surface area contributed by atoms with Crippen molar-refractivity contribution in [2.24, 2.45) is 5.73 Å². The summed E-state index contributed by atoms with van der Waals surface area (Å²) in [6, 6.07) is 0. The van der Waals surface area contributed by atoms with Gasteiger partial charge in [-0.25, -0.2) is 0 Å². The van der Waals surface area contributed by atoms with Gasteiger partial charge < -0.3 is 15.6 Å². The van der Waals surface area contributed by atoms with Crippen LogP contribution in [0.2, 0.25) is 0 Å². The van der Waals surface area contributed by atoms with E-state index in [-0.39, 0.29) is 11.4 Å². The molecule has 1 amide bonds. The monoisotopic (exact) mass is 238 g/mol. The van der Waals surface area contributed by atoms with Crippen LogP contribution in [0.4, 0.5) is 0 Å². The number of amides is 1. The van der Waals surface area contributed by atoms with Gasteiger partial charge in [0, 0.05) is 12.0 Å². The lowest BCUT2D eigenvalue weighted by Crippen LogP contribution is -2.46. The highest BCUT2D eigenvalue weighted by Crippen LogP contribution is 2.30. The molecule has 0 spiro atoms. The van der Waals surface area contributed by atoms with Gasteiger partial charge in [0.05, 0.1) is 0 Å². The Hall–Kier alpha value is -1.43. The first-order valence-electron chi connectivity index (χ1n) is 5.96. The van der Waals surface area contributed by atoms with Crippen LogP contribution in [0.15, 0.2) is 4.52 Å². The van der Waals surface area contributed by atoms with E-state index in [1.165, 1.54) is 19.3 Å². The predicted molar refractivity (Wildman–Crippen MR) is 61.4 cm³/mol. The minimum atomic E-state index is -0.651. The van der Waals surface area contributed by atoms with Gasteiger partial charge in [-0.1, -0.05) is 24.4 Å². The molecule has 1 heterocycles. The number of carbonyl (C=O) groups excluding carboxylic acids is 1. The Kier molecular flexibility index (Phi) is 3.42. The standard InChI is InChI=1S/C11H18N4O2/c1-13-11(5-3-2-4-6-11)7-8-14-10(9(12)16)15-17-8/h13H,2-7H2,1H3,(H2,12,16). The normalized spacial score (nSPS) is 19.1. The number of likely N-dealkylation sites (N-methyl/N-ethyl adjacent to an activating group) is 1. The molecular formula is C11H18N4O2. The lowest BCUT2D eigenvalue weighted by Gasteiger charge is -2.36. The molecule has 0 atom stereocenters. The average Bonchev–Trinajstić information content (AvgIpc) is 2.79. The average molecular weight is 238 g/mol. The van der Waals surface area contributed by atoms with Crippen molar-refractivity contribution in [2.75, 3.05) is 7.05 Å². The van der Waals surface area contributed by atoms with Crippen molar-refractivity contribution < 1.29 is 9.32 Å². The number of rotatable bonds is 4. The van der Waals surface area contributed by atoms with Crippen LogP contribution in [-0.2, 0) is 6.42 Å². The second-order valence-electron chi connectivity index (χ2n) is 4.64. The Bertz CT molecular complexity index is 396. The number of nitrogens with two attached hydrogens (primary N) is 1. The van der Waals surface area contributed by atoms with Crippen molar-refractivity contribution in [1.82, 2.24) is 15.5 Å². The molecule has 6 nitrogen and oxygen atoms in total. The molecule has 94 valence electrons. The largest absolute Gasteiger partial charge is 0.363 e. The van der Waals surface area contributed by atoms with Gasteiger partial charge in [-0.2, -0.15) is 4.98 Å². The topological polar surface area (TPSA) is 94.0 Å². The van der Waals surface area contributed by atoms with Crippen LogP contribution in [0.3, 0.4) is 0 Å². The predicted octanol–water partition coefficient (Wildman–Crippen LogP) is 0.633. The van der Waals surface area contributed by atoms with E-state index in [0.717, 1.165) is 12.8 Å². The summed E-state index contributed by atoms with van der Waals surface area (Å²) >= 11 is 0. The Labute approximate surface area is 99.9 Å². The van der Waals surface area contributed by atoms with Crippen molar-refractivity contribution in [3.8, 4) is 0 Å². The smallest absolute Gasteiger partial charge is 0.290 e. The molecule has 0 unspecified atom stereocenters. The van der Waals surface area contributed by atoms with Gasteiger partial charge in [0.2, 0.25) is 5.89 Å². The molecule has 1 aromatic rings. The maximum absolute atomic E-state index is 10.9. The highest BCUT2D eigenvalue weighted by Gasteiger charge is 2.32. The maximum atomic E-state index is 10.9. The first-order valence-corrected chi connectivity index (χ1v) is 5.96. The zero-order chi connectivity index (χ0) is 12.3. The van der Waals surface area contributed by atoms with Gasteiger partial charge in [-0.15, -0.1) is 0 Å². The second-order valence-corrected chi connectivity index (χ2v) is 4.64. The Balaban J connectivity index is 2.09. The van der Waals surface area contributed by atoms with E-state index in [9.17, 15) is 4.79 Å². The van der Waals surface area contributed by atoms with Gasteiger partial charge in [0.25, 0.3) is 11.7 Å². The molecule has 1 aromatic heterocycles. The number of nitrogens with zero attached hydrogens (tertiary/aromatic N) is 2. The first-order chi connectivity index (χ1) is 8.15. The molecule has 1 aliphatic rings. The number of hydrogen-bond acceptors (Lipinski definition) is 5. The summed E-state index contributed by atoms with van der Waals surface area (Å²) in [5.41, 5.74) is 5.11. The van der Waals surface area contributed by atoms with Crippen LogP contribution in [0.5, 0.6) is 0 Å². The molecule has 0 aliphatic heterocycles. The molecule has 1 saturated carbocycles. The minimum absolute atomic E-state index is 0.0275. The van der Waals surface area contributed by atoms with Gasteiger partial charge in [0.15, 0.2) is 0 Å². The molecular weight excluding hydrogens is 220 g/mol. The van der Waals surface area contributed by atoms with Gasteiger partial charge in [-0.05, 0) is 19.9 Å². The number of nitrogens with one attached hydrogen (secondary N) is 1. The van der Waals surface area contributed by atoms with E-state index in [1.807, 2.05) is 7.05 Å². The van der Waals surface area contributed by atoms with Gasteiger partial charge in [-0.3, -0.25) is 4.79 Å². The van der Waals surface area contributed by atoms with Crippen molar-refractivity contribution in [1.29, 1.82) is 0 Å². The summed E-state index contributed by atoms with van der Waals surface area (Å²) in [6.45, 7) is 0. The fourth-order valence-electron chi connectivity index (χ4n) is 2.46. The SMILES string of the molecule is CNC1(Cc2nc(C(N)=O)no2)CCCCC1. The highest BCUT2D eigenvalue weighted by atomic mass is 16.5. The number of hydrogen-bond donors (Lipinski definition) is 2. The molecule has 0 aromatic carbocycles. The summed E-state index contributed by atoms with van der Waals surface area (Å²) in [6.07, 6.45) is 6.54. The van der Waals surface area contributed by atoms with Crippen LogP contribution in [-0.4, -0.2) is 28.6 Å². The van der Waals surface area contributed by atoms with E-state index in [1.54, 1.807) is 0 Å². The third-order valence-corrected chi connectivity index (χ3v) is 3.52. The Morgan fingerprint density at radius 1 is 1.47 bits per heavy atom. The van der Waals surface area contributed by atoms with Crippen molar-refractivity contribution in [3.63, 3.8) is 0 Å². The maximum Gasteiger partial charge on any atom is 0.290 e. The molecule has 17 heavy (non-hydrogen) atoms. The van der Waals surface area contributed by atoms with Gasteiger partial charge in [0.1, 0.15) is 0 Å². The van der Waals surface area contributed by atoms with E-state index in [0.29, 0.717) is 12.3 Å². The molecule has 6 heteroatoms. The lowest BCUT2D eigenvalue weighted by atomic mass is 9.79.